The molecule has 3 aromatic rings. The number of benzene rings is 3. The highest BCUT2D eigenvalue weighted by Crippen LogP contribution is 2.31. The van der Waals surface area contributed by atoms with Gasteiger partial charge >= 0.3 is 5.69 Å². The smallest absolute Gasteiger partial charge is 0.311 e. The number of nitro benzene ring substituents is 1. The number of rotatable bonds is 8. The average molecular weight is 365 g/mol. The van der Waals surface area contributed by atoms with Gasteiger partial charge in [0.1, 0.15) is 6.61 Å². The van der Waals surface area contributed by atoms with Crippen molar-refractivity contribution >= 4 is 5.69 Å². The van der Waals surface area contributed by atoms with Gasteiger partial charge in [0.05, 0.1) is 4.92 Å². The maximum absolute atomic E-state index is 11.1. The Kier molecular flexibility index (Phi) is 5.89. The van der Waals surface area contributed by atoms with Crippen LogP contribution in [0.2, 0.25) is 0 Å². The van der Waals surface area contributed by atoms with Crippen molar-refractivity contribution in [3.05, 3.63) is 94.5 Å². The van der Waals surface area contributed by atoms with Crippen LogP contribution in [-0.2, 0) is 6.61 Å². The summed E-state index contributed by atoms with van der Waals surface area (Å²) in [5, 5.41) is 11.1. The molecule has 0 bridgehead atoms. The Bertz CT molecular complexity index is 898. The van der Waals surface area contributed by atoms with Crippen LogP contribution in [0.25, 0.3) is 0 Å². The summed E-state index contributed by atoms with van der Waals surface area (Å²) >= 11 is 0. The summed E-state index contributed by atoms with van der Waals surface area (Å²) in [5.41, 5.74) is 0.929. The molecule has 0 aliphatic heterocycles. The van der Waals surface area contributed by atoms with Gasteiger partial charge in [-0.25, -0.2) is 0 Å². The van der Waals surface area contributed by atoms with Gasteiger partial charge in [-0.3, -0.25) is 10.1 Å². The zero-order valence-corrected chi connectivity index (χ0v) is 14.8. The van der Waals surface area contributed by atoms with Crippen molar-refractivity contribution in [2.45, 2.75) is 19.8 Å². The van der Waals surface area contributed by atoms with Crippen LogP contribution < -0.4 is 14.2 Å². The van der Waals surface area contributed by atoms with Crippen LogP contribution in [0.4, 0.5) is 5.69 Å². The number of nitro groups is 1. The average Bonchev–Trinajstić information content (AvgIpc) is 2.68. The highest BCUT2D eigenvalue weighted by atomic mass is 16.7. The molecule has 0 aromatic heterocycles. The lowest BCUT2D eigenvalue weighted by Crippen LogP contribution is -2.20. The van der Waals surface area contributed by atoms with Gasteiger partial charge in [0, 0.05) is 13.0 Å². The monoisotopic (exact) mass is 365 g/mol. The van der Waals surface area contributed by atoms with Crippen LogP contribution >= 0.6 is 0 Å². The van der Waals surface area contributed by atoms with Crippen molar-refractivity contribution in [2.75, 3.05) is 0 Å². The maximum atomic E-state index is 11.1. The first-order valence-corrected chi connectivity index (χ1v) is 8.46. The van der Waals surface area contributed by atoms with Crippen LogP contribution in [-0.4, -0.2) is 11.2 Å². The lowest BCUT2D eigenvalue weighted by atomic mass is 10.2. The molecule has 0 heterocycles. The molecule has 138 valence electrons. The minimum Gasteiger partial charge on any atom is -0.485 e. The fourth-order valence-electron chi connectivity index (χ4n) is 2.49. The second-order valence-electron chi connectivity index (χ2n) is 5.75. The summed E-state index contributed by atoms with van der Waals surface area (Å²) in [6.07, 6.45) is -0.743. The van der Waals surface area contributed by atoms with Gasteiger partial charge in [-0.05, 0) is 23.8 Å². The van der Waals surface area contributed by atoms with Gasteiger partial charge in [0.15, 0.2) is 11.5 Å². The Morgan fingerprint density at radius 2 is 1.37 bits per heavy atom. The predicted molar refractivity (Wildman–Crippen MR) is 101 cm³/mol. The van der Waals surface area contributed by atoms with Gasteiger partial charge in [0.25, 0.3) is 0 Å². The van der Waals surface area contributed by atoms with Gasteiger partial charge in [0.2, 0.25) is 12.0 Å². The fourth-order valence-corrected chi connectivity index (χ4v) is 2.49. The molecule has 27 heavy (non-hydrogen) atoms. The molecule has 0 aliphatic carbocycles. The Labute approximate surface area is 157 Å². The van der Waals surface area contributed by atoms with Crippen molar-refractivity contribution in [2.24, 2.45) is 0 Å². The molecule has 0 saturated carbocycles. The molecule has 0 N–H and O–H groups in total. The van der Waals surface area contributed by atoms with E-state index in [-0.39, 0.29) is 11.4 Å². The molecule has 0 spiro atoms. The minimum absolute atomic E-state index is 0.110. The van der Waals surface area contributed by atoms with Gasteiger partial charge < -0.3 is 14.2 Å². The summed E-state index contributed by atoms with van der Waals surface area (Å²) in [6.45, 7) is 2.07. The van der Waals surface area contributed by atoms with E-state index in [2.05, 4.69) is 0 Å². The van der Waals surface area contributed by atoms with E-state index in [1.807, 2.05) is 42.5 Å². The Hall–Kier alpha value is -3.54. The van der Waals surface area contributed by atoms with Crippen molar-refractivity contribution in [1.29, 1.82) is 0 Å². The minimum atomic E-state index is -0.743. The number of ether oxygens (including phenoxy) is 3. The third-order valence-electron chi connectivity index (χ3n) is 3.73. The van der Waals surface area contributed by atoms with Crippen LogP contribution in [0.1, 0.15) is 12.5 Å². The summed E-state index contributed by atoms with van der Waals surface area (Å²) in [5.74, 6) is 1.22. The topological polar surface area (TPSA) is 70.8 Å². The first-order valence-electron chi connectivity index (χ1n) is 8.46. The van der Waals surface area contributed by atoms with E-state index in [0.29, 0.717) is 18.1 Å². The normalized spacial score (nSPS) is 11.4. The molecule has 3 rings (SSSR count). The van der Waals surface area contributed by atoms with E-state index >= 15 is 0 Å². The SMILES string of the molecule is CC(Oc1ccccc1OCc1ccccc1)Oc1ccccc1[N+](=O)[O-]. The Balaban J connectivity index is 1.68. The van der Waals surface area contributed by atoms with E-state index in [9.17, 15) is 10.1 Å². The number of hydrogen-bond donors (Lipinski definition) is 0. The number of hydrogen-bond acceptors (Lipinski definition) is 5. The van der Waals surface area contributed by atoms with Crippen LogP contribution in [0.15, 0.2) is 78.9 Å². The standard InChI is InChI=1S/C21H19NO5/c1-16(26-19-12-6-5-11-18(19)22(23)24)27-21-14-8-7-13-20(21)25-15-17-9-3-2-4-10-17/h2-14,16H,15H2,1H3. The van der Waals surface area contributed by atoms with E-state index in [4.69, 9.17) is 14.2 Å². The maximum Gasteiger partial charge on any atom is 0.311 e. The Morgan fingerprint density at radius 1 is 0.815 bits per heavy atom. The second kappa shape index (κ2) is 8.71. The first kappa shape index (κ1) is 18.3. The van der Waals surface area contributed by atoms with Crippen LogP contribution in [0.3, 0.4) is 0 Å². The molecule has 1 unspecified atom stereocenters. The lowest BCUT2D eigenvalue weighted by Gasteiger charge is -2.18. The summed E-state index contributed by atoms with van der Waals surface area (Å²) in [4.78, 5) is 10.6. The van der Waals surface area contributed by atoms with Crippen LogP contribution in [0, 0.1) is 10.1 Å². The molecule has 0 saturated heterocycles. The van der Waals surface area contributed by atoms with Crippen molar-refractivity contribution in [1.82, 2.24) is 0 Å². The second-order valence-corrected chi connectivity index (χ2v) is 5.75. The zero-order chi connectivity index (χ0) is 19.1. The third-order valence-corrected chi connectivity index (χ3v) is 3.73. The fraction of sp³-hybridized carbons (Fsp3) is 0.143. The zero-order valence-electron chi connectivity index (χ0n) is 14.8. The Morgan fingerprint density at radius 3 is 2.07 bits per heavy atom. The highest BCUT2D eigenvalue weighted by Gasteiger charge is 2.18. The molecule has 0 aliphatic rings. The molecule has 3 aromatic carbocycles. The van der Waals surface area contributed by atoms with E-state index in [0.717, 1.165) is 5.56 Å². The van der Waals surface area contributed by atoms with Gasteiger partial charge in [-0.1, -0.05) is 54.6 Å². The van der Waals surface area contributed by atoms with Crippen molar-refractivity contribution < 1.29 is 19.1 Å². The molecule has 0 amide bonds. The van der Waals surface area contributed by atoms with Gasteiger partial charge in [-0.15, -0.1) is 0 Å². The first-order chi connectivity index (χ1) is 13.1. The highest BCUT2D eigenvalue weighted by molar-refractivity contribution is 5.46. The molecule has 6 heteroatoms. The predicted octanol–water partition coefficient (Wildman–Crippen LogP) is 4.98. The molecular weight excluding hydrogens is 346 g/mol. The van der Waals surface area contributed by atoms with Crippen LogP contribution in [0.5, 0.6) is 17.2 Å². The quantitative estimate of drug-likeness (QED) is 0.320. The molecule has 0 radical (unpaired) electrons. The van der Waals surface area contributed by atoms with E-state index in [1.165, 1.54) is 12.1 Å². The molecule has 1 atom stereocenters. The number of para-hydroxylation sites is 4. The van der Waals surface area contributed by atoms with Crippen molar-refractivity contribution in [3.63, 3.8) is 0 Å². The largest absolute Gasteiger partial charge is 0.485 e. The summed E-state index contributed by atoms with van der Waals surface area (Å²) in [7, 11) is 0. The number of nitrogens with zero attached hydrogens (tertiary/aromatic N) is 1. The summed E-state index contributed by atoms with van der Waals surface area (Å²) < 4.78 is 17.3. The van der Waals surface area contributed by atoms with E-state index in [1.54, 1.807) is 31.2 Å². The van der Waals surface area contributed by atoms with E-state index < -0.39 is 11.2 Å². The molecule has 6 nitrogen and oxygen atoms in total. The third kappa shape index (κ3) is 4.98. The van der Waals surface area contributed by atoms with Crippen molar-refractivity contribution in [3.8, 4) is 17.2 Å². The molecule has 0 fully saturated rings. The summed E-state index contributed by atoms with van der Waals surface area (Å²) in [6, 6.07) is 23.2. The van der Waals surface area contributed by atoms with Gasteiger partial charge in [-0.2, -0.15) is 0 Å². The lowest BCUT2D eigenvalue weighted by molar-refractivity contribution is -0.386. The molecular formula is C21H19NO5.